The average molecular weight is 623 g/mol. The molecule has 0 heterocycles. The van der Waals surface area contributed by atoms with Gasteiger partial charge in [-0.15, -0.1) is 0 Å². The largest absolute Gasteiger partial charge is 0.495 e. The van der Waals surface area contributed by atoms with E-state index in [0.29, 0.717) is 40.8 Å². The topological polar surface area (TPSA) is 123 Å². The summed E-state index contributed by atoms with van der Waals surface area (Å²) in [7, 11) is 2.97. The van der Waals surface area contributed by atoms with Crippen molar-refractivity contribution in [3.8, 4) is 17.2 Å². The molecule has 0 aliphatic heterocycles. The molecule has 9 nitrogen and oxygen atoms in total. The van der Waals surface area contributed by atoms with Gasteiger partial charge in [0.25, 0.3) is 0 Å². The zero-order chi connectivity index (χ0) is 32.8. The van der Waals surface area contributed by atoms with Gasteiger partial charge in [0, 0.05) is 12.3 Å². The number of hydrogen-bond donors (Lipinski definition) is 3. The molecule has 46 heavy (non-hydrogen) atoms. The Hall–Kier alpha value is -5.15. The van der Waals surface area contributed by atoms with Crippen LogP contribution in [0.25, 0.3) is 0 Å². The standard InChI is InChI=1S/C37H38N2O7/c1-23-12-5-6-13-25(23)22-46-26-15-11-14-24(20-26)32-33(35(41)38-27-16-7-9-18-30(27)44-3)29(40)21-37(2,43)34(32)36(42)39-28-17-8-10-19-31(28)45-4/h5-20,32-34,43H,21-22H2,1-4H3,(H,38,41)(H,39,42). The molecule has 1 aliphatic rings. The highest BCUT2D eigenvalue weighted by Gasteiger charge is 2.56. The van der Waals surface area contributed by atoms with Crippen molar-refractivity contribution in [2.75, 3.05) is 24.9 Å². The van der Waals surface area contributed by atoms with E-state index in [0.717, 1.165) is 11.1 Å². The number of carbonyl (C=O) groups is 3. The minimum atomic E-state index is -1.78. The van der Waals surface area contributed by atoms with Gasteiger partial charge in [0.05, 0.1) is 37.1 Å². The van der Waals surface area contributed by atoms with Gasteiger partial charge >= 0.3 is 0 Å². The summed E-state index contributed by atoms with van der Waals surface area (Å²) in [5.41, 5.74) is 1.57. The van der Waals surface area contributed by atoms with Gasteiger partial charge in [0.15, 0.2) is 0 Å². The third-order valence-electron chi connectivity index (χ3n) is 8.46. The Morgan fingerprint density at radius 2 is 1.41 bits per heavy atom. The van der Waals surface area contributed by atoms with Gasteiger partial charge < -0.3 is 30.0 Å². The second kappa shape index (κ2) is 13.9. The fourth-order valence-electron chi connectivity index (χ4n) is 6.15. The first-order valence-electron chi connectivity index (χ1n) is 15.0. The maximum Gasteiger partial charge on any atom is 0.235 e. The summed E-state index contributed by atoms with van der Waals surface area (Å²) in [5.74, 6) is -3.91. The molecule has 0 spiro atoms. The third-order valence-corrected chi connectivity index (χ3v) is 8.46. The summed E-state index contributed by atoms with van der Waals surface area (Å²) in [6, 6.07) is 28.6. The molecule has 4 unspecified atom stereocenters. The quantitative estimate of drug-likeness (QED) is 0.188. The van der Waals surface area contributed by atoms with Crippen molar-refractivity contribution in [1.82, 2.24) is 0 Å². The van der Waals surface area contributed by atoms with Crippen molar-refractivity contribution in [3.05, 3.63) is 114 Å². The van der Waals surface area contributed by atoms with Crippen LogP contribution in [0.3, 0.4) is 0 Å². The van der Waals surface area contributed by atoms with Gasteiger partial charge in [-0.25, -0.2) is 0 Å². The molecule has 0 radical (unpaired) electrons. The van der Waals surface area contributed by atoms with Crippen LogP contribution >= 0.6 is 0 Å². The first-order chi connectivity index (χ1) is 22.1. The molecule has 1 saturated carbocycles. The van der Waals surface area contributed by atoms with E-state index in [4.69, 9.17) is 14.2 Å². The average Bonchev–Trinajstić information content (AvgIpc) is 3.04. The van der Waals surface area contributed by atoms with E-state index in [2.05, 4.69) is 10.6 Å². The number of ketones is 1. The summed E-state index contributed by atoms with van der Waals surface area (Å²) in [4.78, 5) is 42.0. The Morgan fingerprint density at radius 3 is 2.04 bits per heavy atom. The van der Waals surface area contributed by atoms with Gasteiger partial charge in [0.1, 0.15) is 35.6 Å². The van der Waals surface area contributed by atoms with E-state index in [1.807, 2.05) is 31.2 Å². The van der Waals surface area contributed by atoms with E-state index in [1.165, 1.54) is 21.1 Å². The predicted octanol–water partition coefficient (Wildman–Crippen LogP) is 5.91. The minimum Gasteiger partial charge on any atom is -0.495 e. The third kappa shape index (κ3) is 6.89. The molecule has 0 aromatic heterocycles. The Balaban J connectivity index is 1.56. The molecular formula is C37H38N2O7. The highest BCUT2D eigenvalue weighted by molar-refractivity contribution is 6.11. The van der Waals surface area contributed by atoms with Gasteiger partial charge in [-0.3, -0.25) is 14.4 Å². The van der Waals surface area contributed by atoms with Crippen LogP contribution < -0.4 is 24.8 Å². The number of benzene rings is 4. The Labute approximate surface area is 268 Å². The van der Waals surface area contributed by atoms with Crippen molar-refractivity contribution in [3.63, 3.8) is 0 Å². The fraction of sp³-hybridized carbons (Fsp3) is 0.270. The molecular weight excluding hydrogens is 584 g/mol. The Bertz CT molecular complexity index is 1730. The number of hydrogen-bond acceptors (Lipinski definition) is 7. The monoisotopic (exact) mass is 622 g/mol. The lowest BCUT2D eigenvalue weighted by molar-refractivity contribution is -0.150. The minimum absolute atomic E-state index is 0.298. The van der Waals surface area contributed by atoms with Crippen molar-refractivity contribution in [1.29, 1.82) is 0 Å². The van der Waals surface area contributed by atoms with Crippen molar-refractivity contribution < 1.29 is 33.7 Å². The van der Waals surface area contributed by atoms with Crippen LogP contribution in [-0.4, -0.2) is 42.5 Å². The number of Topliss-reactive ketones (excluding diaryl/α,β-unsaturated/α-hetero) is 1. The summed E-state index contributed by atoms with van der Waals surface area (Å²) >= 11 is 0. The van der Waals surface area contributed by atoms with Crippen LogP contribution in [0.15, 0.2) is 97.1 Å². The lowest BCUT2D eigenvalue weighted by atomic mass is 9.61. The zero-order valence-electron chi connectivity index (χ0n) is 26.3. The van der Waals surface area contributed by atoms with E-state index < -0.39 is 47.4 Å². The van der Waals surface area contributed by atoms with Gasteiger partial charge in [-0.05, 0) is 66.9 Å². The number of amides is 2. The second-order valence-corrected chi connectivity index (χ2v) is 11.6. The van der Waals surface area contributed by atoms with Crippen LogP contribution in [0.1, 0.15) is 36.0 Å². The zero-order valence-corrected chi connectivity index (χ0v) is 26.3. The number of nitrogens with one attached hydrogen (secondary N) is 2. The molecule has 3 N–H and O–H groups in total. The number of rotatable bonds is 10. The number of methoxy groups -OCH3 is 2. The van der Waals surface area contributed by atoms with Gasteiger partial charge in [-0.2, -0.15) is 0 Å². The molecule has 4 aromatic rings. The summed E-state index contributed by atoms with van der Waals surface area (Å²) in [6.07, 6.45) is -0.402. The normalized spacial score (nSPS) is 20.8. The van der Waals surface area contributed by atoms with Crippen LogP contribution in [0.4, 0.5) is 11.4 Å². The van der Waals surface area contributed by atoms with Gasteiger partial charge in [-0.1, -0.05) is 60.7 Å². The van der Waals surface area contributed by atoms with Crippen molar-refractivity contribution in [2.45, 2.75) is 38.4 Å². The van der Waals surface area contributed by atoms with Crippen LogP contribution in [0, 0.1) is 18.8 Å². The highest BCUT2D eigenvalue weighted by atomic mass is 16.5. The first-order valence-corrected chi connectivity index (χ1v) is 15.0. The molecule has 4 aromatic carbocycles. The lowest BCUT2D eigenvalue weighted by Crippen LogP contribution is -2.56. The lowest BCUT2D eigenvalue weighted by Gasteiger charge is -2.44. The Kier molecular flexibility index (Phi) is 9.72. The molecule has 0 saturated heterocycles. The number of aryl methyl sites for hydroxylation is 1. The van der Waals surface area contributed by atoms with Crippen molar-refractivity contribution >= 4 is 29.0 Å². The predicted molar refractivity (Wildman–Crippen MR) is 175 cm³/mol. The summed E-state index contributed by atoms with van der Waals surface area (Å²) < 4.78 is 17.0. The molecule has 0 bridgehead atoms. The second-order valence-electron chi connectivity index (χ2n) is 11.6. The first kappa shape index (κ1) is 32.2. The number of ether oxygens (including phenoxy) is 3. The van der Waals surface area contributed by atoms with E-state index in [9.17, 15) is 19.5 Å². The molecule has 1 aliphatic carbocycles. The summed E-state index contributed by atoms with van der Waals surface area (Å²) in [6.45, 7) is 3.75. The number of carbonyl (C=O) groups excluding carboxylic acids is 3. The smallest absolute Gasteiger partial charge is 0.235 e. The van der Waals surface area contributed by atoms with Crippen molar-refractivity contribution in [2.24, 2.45) is 11.8 Å². The molecule has 5 rings (SSSR count). The SMILES string of the molecule is COc1ccccc1NC(=O)C1C(=O)CC(C)(O)C(C(=O)Nc2ccccc2OC)C1c1cccc(OCc2ccccc2C)c1. The molecule has 4 atom stereocenters. The van der Waals surface area contributed by atoms with Gasteiger partial charge in [0.2, 0.25) is 11.8 Å². The van der Waals surface area contributed by atoms with Crippen LogP contribution in [0.2, 0.25) is 0 Å². The van der Waals surface area contributed by atoms with Crippen LogP contribution in [0.5, 0.6) is 17.2 Å². The van der Waals surface area contributed by atoms with E-state index in [1.54, 1.807) is 72.8 Å². The Morgan fingerprint density at radius 1 is 0.826 bits per heavy atom. The summed E-state index contributed by atoms with van der Waals surface area (Å²) in [5, 5.41) is 17.5. The maximum absolute atomic E-state index is 14.2. The number of para-hydroxylation sites is 4. The number of aliphatic hydroxyl groups is 1. The molecule has 1 fully saturated rings. The molecule has 238 valence electrons. The van der Waals surface area contributed by atoms with E-state index in [-0.39, 0.29) is 0 Å². The molecule has 9 heteroatoms. The molecule has 2 amide bonds. The van der Waals surface area contributed by atoms with Crippen LogP contribution in [-0.2, 0) is 21.0 Å². The number of anilines is 2. The fourth-order valence-corrected chi connectivity index (χ4v) is 6.15. The maximum atomic E-state index is 14.2. The van der Waals surface area contributed by atoms with E-state index >= 15 is 0 Å². The highest BCUT2D eigenvalue weighted by Crippen LogP contribution is 2.47.